The third-order valence-corrected chi connectivity index (χ3v) is 7.16. The SMILES string of the molecule is Cc1nonc1C(=O)NC(c1nc2c(F)c(C(CC(F)(F)F)C(=O)NCCC(F)(F)F)ccc2[nH]1)C1CCC(F)(F)CC1. The predicted molar refractivity (Wildman–Crippen MR) is 129 cm³/mol. The molecule has 2 aromatic heterocycles. The van der Waals surface area contributed by atoms with Crippen molar-refractivity contribution in [1.29, 1.82) is 0 Å². The lowest BCUT2D eigenvalue weighted by atomic mass is 9.81. The lowest BCUT2D eigenvalue weighted by Crippen LogP contribution is -2.38. The van der Waals surface area contributed by atoms with Gasteiger partial charge in [-0.15, -0.1) is 0 Å². The highest BCUT2D eigenvalue weighted by atomic mass is 19.4. The van der Waals surface area contributed by atoms with Gasteiger partial charge in [0.2, 0.25) is 11.8 Å². The number of aromatic amines is 1. The average Bonchev–Trinajstić information content (AvgIpc) is 3.52. The topological polar surface area (TPSA) is 126 Å². The first-order valence-corrected chi connectivity index (χ1v) is 13.0. The van der Waals surface area contributed by atoms with Crippen molar-refractivity contribution >= 4 is 22.8 Å². The molecule has 2 heterocycles. The van der Waals surface area contributed by atoms with Crippen molar-refractivity contribution in [2.24, 2.45) is 5.92 Å². The highest BCUT2D eigenvalue weighted by Crippen LogP contribution is 2.42. The van der Waals surface area contributed by atoms with Crippen LogP contribution in [0.2, 0.25) is 0 Å². The van der Waals surface area contributed by atoms with Gasteiger partial charge < -0.3 is 15.6 Å². The fourth-order valence-corrected chi connectivity index (χ4v) is 4.97. The molecule has 1 saturated carbocycles. The van der Waals surface area contributed by atoms with Crippen LogP contribution in [0.15, 0.2) is 16.8 Å². The van der Waals surface area contributed by atoms with Gasteiger partial charge in [-0.3, -0.25) is 9.59 Å². The highest BCUT2D eigenvalue weighted by Gasteiger charge is 2.41. The van der Waals surface area contributed by atoms with E-state index in [-0.39, 0.29) is 35.6 Å². The minimum Gasteiger partial charge on any atom is -0.355 e. The number of rotatable bonds is 9. The summed E-state index contributed by atoms with van der Waals surface area (Å²) in [5, 5.41) is 11.4. The Kier molecular flexibility index (Phi) is 8.97. The molecular formula is C25H25F9N6O3. The molecule has 1 aliphatic rings. The lowest BCUT2D eigenvalue weighted by molar-refractivity contribution is -0.149. The normalized spacial score (nSPS) is 17.5. The molecule has 3 aromatic rings. The molecule has 0 aliphatic heterocycles. The van der Waals surface area contributed by atoms with E-state index in [0.717, 1.165) is 12.1 Å². The zero-order valence-corrected chi connectivity index (χ0v) is 22.3. The maximum absolute atomic E-state index is 15.7. The Morgan fingerprint density at radius 1 is 1.09 bits per heavy atom. The van der Waals surface area contributed by atoms with E-state index < -0.39 is 97.1 Å². The van der Waals surface area contributed by atoms with Crippen molar-refractivity contribution in [1.82, 2.24) is 30.9 Å². The van der Waals surface area contributed by atoms with Gasteiger partial charge >= 0.3 is 12.4 Å². The Balaban J connectivity index is 1.68. The van der Waals surface area contributed by atoms with Crippen LogP contribution in [0.3, 0.4) is 0 Å². The van der Waals surface area contributed by atoms with Crippen molar-refractivity contribution in [2.75, 3.05) is 6.54 Å². The van der Waals surface area contributed by atoms with E-state index in [2.05, 4.69) is 30.2 Å². The standard InChI is InChI=1S/C25H25F9N6O3/c1-11-17(40-43-39-11)22(42)38-18(12-4-6-23(27,28)7-5-12)20-36-15-3-2-13(16(26)19(15)37-20)14(10-25(32,33)34)21(41)35-9-8-24(29,30)31/h2-3,12,14,18H,4-10H2,1H3,(H,35,41)(H,36,37)(H,38,42). The number of amides is 2. The second-order valence-electron chi connectivity index (χ2n) is 10.4. The number of hydrogen-bond donors (Lipinski definition) is 3. The molecule has 236 valence electrons. The smallest absolute Gasteiger partial charge is 0.355 e. The van der Waals surface area contributed by atoms with E-state index in [9.17, 15) is 44.7 Å². The van der Waals surface area contributed by atoms with Crippen molar-refractivity contribution < 1.29 is 53.7 Å². The zero-order chi connectivity index (χ0) is 31.7. The summed E-state index contributed by atoms with van der Waals surface area (Å²) in [6.45, 7) is 0.408. The number of imidazole rings is 1. The highest BCUT2D eigenvalue weighted by molar-refractivity contribution is 5.93. The minimum atomic E-state index is -4.99. The number of hydrogen-bond acceptors (Lipinski definition) is 6. The van der Waals surface area contributed by atoms with Crippen LogP contribution in [-0.2, 0) is 4.79 Å². The number of aromatic nitrogens is 4. The average molecular weight is 628 g/mol. The summed E-state index contributed by atoms with van der Waals surface area (Å²) in [5.41, 5.74) is -1.44. The molecule has 0 radical (unpaired) electrons. The van der Waals surface area contributed by atoms with E-state index in [1.807, 2.05) is 0 Å². The van der Waals surface area contributed by atoms with Crippen LogP contribution >= 0.6 is 0 Å². The predicted octanol–water partition coefficient (Wildman–Crippen LogP) is 5.79. The number of fused-ring (bicyclic) bond motifs is 1. The molecule has 0 saturated heterocycles. The fourth-order valence-electron chi connectivity index (χ4n) is 4.97. The van der Waals surface area contributed by atoms with E-state index >= 15 is 4.39 Å². The molecule has 2 atom stereocenters. The summed E-state index contributed by atoms with van der Waals surface area (Å²) in [6.07, 6.45) is -14.2. The Morgan fingerprint density at radius 2 is 1.77 bits per heavy atom. The first-order chi connectivity index (χ1) is 19.9. The number of benzene rings is 1. The summed E-state index contributed by atoms with van der Waals surface area (Å²) in [6, 6.07) is 0.890. The Labute approximate surface area is 236 Å². The molecule has 1 fully saturated rings. The van der Waals surface area contributed by atoms with Crippen molar-refractivity contribution in [2.45, 2.75) is 75.7 Å². The molecule has 1 aliphatic carbocycles. The number of carbonyl (C=O) groups excluding carboxylic acids is 2. The van der Waals surface area contributed by atoms with Crippen LogP contribution in [0.5, 0.6) is 0 Å². The van der Waals surface area contributed by atoms with Gasteiger partial charge in [-0.05, 0) is 36.9 Å². The first kappa shape index (κ1) is 32.1. The Morgan fingerprint density at radius 3 is 2.35 bits per heavy atom. The molecule has 1 aromatic carbocycles. The lowest BCUT2D eigenvalue weighted by Gasteiger charge is -2.33. The molecule has 0 bridgehead atoms. The third kappa shape index (κ3) is 7.95. The fraction of sp³-hybridized carbons (Fsp3) is 0.560. The molecule has 18 heteroatoms. The maximum atomic E-state index is 15.7. The molecule has 2 amide bonds. The third-order valence-electron chi connectivity index (χ3n) is 7.16. The quantitative estimate of drug-likeness (QED) is 0.258. The van der Waals surface area contributed by atoms with E-state index in [4.69, 9.17) is 0 Å². The first-order valence-electron chi connectivity index (χ1n) is 13.0. The molecule has 2 unspecified atom stereocenters. The Hall–Kier alpha value is -3.86. The Bertz CT molecular complexity index is 1460. The number of alkyl halides is 8. The second-order valence-corrected chi connectivity index (χ2v) is 10.4. The molecule has 0 spiro atoms. The summed E-state index contributed by atoms with van der Waals surface area (Å²) in [4.78, 5) is 32.3. The van der Waals surface area contributed by atoms with Gasteiger partial charge in [0.15, 0.2) is 11.5 Å². The van der Waals surface area contributed by atoms with Gasteiger partial charge in [-0.25, -0.2) is 22.8 Å². The van der Waals surface area contributed by atoms with Crippen LogP contribution < -0.4 is 10.6 Å². The molecule has 9 nitrogen and oxygen atoms in total. The monoisotopic (exact) mass is 628 g/mol. The second kappa shape index (κ2) is 12.0. The minimum absolute atomic E-state index is 0.0563. The summed E-state index contributed by atoms with van der Waals surface area (Å²) in [7, 11) is 0. The number of carbonyl (C=O) groups is 2. The van der Waals surface area contributed by atoms with E-state index in [1.165, 1.54) is 6.92 Å². The van der Waals surface area contributed by atoms with Crippen LogP contribution in [0.4, 0.5) is 39.5 Å². The van der Waals surface area contributed by atoms with Crippen molar-refractivity contribution in [3.05, 3.63) is 40.7 Å². The molecule has 3 N–H and O–H groups in total. The number of halogens is 9. The number of aryl methyl sites for hydroxylation is 1. The summed E-state index contributed by atoms with van der Waals surface area (Å²) in [5.74, 6) is -9.52. The van der Waals surface area contributed by atoms with Crippen LogP contribution in [0, 0.1) is 18.7 Å². The number of H-pyrrole nitrogens is 1. The zero-order valence-electron chi connectivity index (χ0n) is 22.3. The van der Waals surface area contributed by atoms with Gasteiger partial charge in [0, 0.05) is 24.9 Å². The number of nitrogens with one attached hydrogen (secondary N) is 3. The molecule has 4 rings (SSSR count). The largest absolute Gasteiger partial charge is 0.390 e. The van der Waals surface area contributed by atoms with Gasteiger partial charge in [0.05, 0.1) is 30.3 Å². The molecular weight excluding hydrogens is 603 g/mol. The number of nitrogens with zero attached hydrogens (tertiary/aromatic N) is 3. The van der Waals surface area contributed by atoms with Crippen LogP contribution in [-0.4, -0.2) is 56.9 Å². The van der Waals surface area contributed by atoms with E-state index in [0.29, 0.717) is 0 Å². The summed E-state index contributed by atoms with van der Waals surface area (Å²) < 4.78 is 125. The van der Waals surface area contributed by atoms with Gasteiger partial charge in [-0.1, -0.05) is 11.2 Å². The van der Waals surface area contributed by atoms with Gasteiger partial charge in [-0.2, -0.15) is 26.3 Å². The van der Waals surface area contributed by atoms with E-state index in [1.54, 1.807) is 5.32 Å². The molecule has 43 heavy (non-hydrogen) atoms. The van der Waals surface area contributed by atoms with Crippen LogP contribution in [0.25, 0.3) is 11.0 Å². The van der Waals surface area contributed by atoms with Crippen molar-refractivity contribution in [3.63, 3.8) is 0 Å². The van der Waals surface area contributed by atoms with Gasteiger partial charge in [0.1, 0.15) is 17.0 Å². The van der Waals surface area contributed by atoms with Crippen LogP contribution in [0.1, 0.15) is 78.1 Å². The van der Waals surface area contributed by atoms with Gasteiger partial charge in [0.25, 0.3) is 5.91 Å². The summed E-state index contributed by atoms with van der Waals surface area (Å²) >= 11 is 0. The maximum Gasteiger partial charge on any atom is 0.390 e. The van der Waals surface area contributed by atoms with Crippen molar-refractivity contribution in [3.8, 4) is 0 Å².